The molecule has 1 aromatic heterocycles. The minimum atomic E-state index is -0.650. The number of aromatic nitrogens is 2. The third-order valence-corrected chi connectivity index (χ3v) is 16.8. The number of carboxylic acid groups (broad SMARTS) is 1. The van der Waals surface area contributed by atoms with E-state index in [9.17, 15) is 14.7 Å². The van der Waals surface area contributed by atoms with Crippen LogP contribution in [0.2, 0.25) is 0 Å². The number of carbonyl (C=O) groups is 2. The lowest BCUT2D eigenvalue weighted by Gasteiger charge is -2.72. The molecule has 0 aromatic carbocycles. The Morgan fingerprint density at radius 1 is 1.10 bits per heavy atom. The van der Waals surface area contributed by atoms with Crippen LogP contribution in [0.3, 0.4) is 0 Å². The van der Waals surface area contributed by atoms with Gasteiger partial charge in [0, 0.05) is 22.6 Å². The number of nitrogens with zero attached hydrogens (tertiary/aromatic N) is 2. The molecule has 2 bridgehead atoms. The lowest BCUT2D eigenvalue weighted by Crippen LogP contribution is -2.71. The van der Waals surface area contributed by atoms with Crippen LogP contribution in [0.5, 0.6) is 0 Å². The molecule has 1 aliphatic heterocycles. The highest BCUT2D eigenvalue weighted by Gasteiger charge is 2.73. The number of allylic oxidation sites excluding steroid dienone is 1. The summed E-state index contributed by atoms with van der Waals surface area (Å²) in [4.78, 5) is 26.4. The highest BCUT2D eigenvalue weighted by atomic mass is 16.5. The van der Waals surface area contributed by atoms with Gasteiger partial charge in [-0.1, -0.05) is 80.9 Å². The van der Waals surface area contributed by atoms with Gasteiger partial charge in [0.25, 0.3) is 5.91 Å². The molecule has 6 rings (SSSR count). The number of nitrogens with two attached hydrogens (primary N) is 2. The van der Waals surface area contributed by atoms with E-state index >= 15 is 0 Å². The fourth-order valence-corrected chi connectivity index (χ4v) is 12.7. The van der Waals surface area contributed by atoms with Crippen LogP contribution in [0.25, 0.3) is 0 Å². The van der Waals surface area contributed by atoms with Gasteiger partial charge in [-0.05, 0) is 96.8 Å². The second kappa shape index (κ2) is 12.2. The molecule has 9 heteroatoms. The van der Waals surface area contributed by atoms with Gasteiger partial charge in [0.15, 0.2) is 0 Å². The van der Waals surface area contributed by atoms with Crippen molar-refractivity contribution >= 4 is 11.9 Å². The smallest absolute Gasteiger partial charge is 0.307 e. The first-order valence-corrected chi connectivity index (χ1v) is 19.4. The molecule has 5 aliphatic rings. The van der Waals surface area contributed by atoms with Crippen molar-refractivity contribution in [2.45, 2.75) is 126 Å². The molecule has 0 unspecified atom stereocenters. The summed E-state index contributed by atoms with van der Waals surface area (Å²) >= 11 is 0. The quantitative estimate of drug-likeness (QED) is 0.234. The Balaban J connectivity index is 1.51. The average Bonchev–Trinajstić information content (AvgIpc) is 3.52. The summed E-state index contributed by atoms with van der Waals surface area (Å²) in [6.07, 6.45) is 8.47. The zero-order valence-corrected chi connectivity index (χ0v) is 32.7. The second-order valence-electron chi connectivity index (χ2n) is 19.4. The van der Waals surface area contributed by atoms with Crippen molar-refractivity contribution in [3.63, 3.8) is 0 Å². The molecule has 4 fully saturated rings. The lowest BCUT2D eigenvalue weighted by molar-refractivity contribution is -0.271. The second-order valence-corrected chi connectivity index (χ2v) is 19.4. The van der Waals surface area contributed by atoms with Crippen molar-refractivity contribution < 1.29 is 24.2 Å². The maximum atomic E-state index is 13.5. The first-order chi connectivity index (χ1) is 23.1. The van der Waals surface area contributed by atoms with E-state index in [1.807, 2.05) is 11.6 Å². The molecule has 0 spiro atoms. The van der Waals surface area contributed by atoms with Gasteiger partial charge < -0.3 is 26.0 Å². The number of carbonyl (C=O) groups excluding carboxylic acids is 1. The van der Waals surface area contributed by atoms with Gasteiger partial charge in [0.05, 0.1) is 37.9 Å². The van der Waals surface area contributed by atoms with Crippen LogP contribution in [-0.4, -0.2) is 58.2 Å². The van der Waals surface area contributed by atoms with E-state index < -0.39 is 34.2 Å². The maximum absolute atomic E-state index is 13.5. The van der Waals surface area contributed by atoms with Gasteiger partial charge in [-0.25, -0.2) is 0 Å². The number of hydrogen-bond acceptors (Lipinski definition) is 6. The molecule has 1 amide bonds. The first-order valence-electron chi connectivity index (χ1n) is 19.4. The van der Waals surface area contributed by atoms with Gasteiger partial charge in [0.1, 0.15) is 5.69 Å². The van der Waals surface area contributed by atoms with Crippen LogP contribution in [0.1, 0.15) is 125 Å². The summed E-state index contributed by atoms with van der Waals surface area (Å²) in [5, 5.41) is 15.9. The number of ether oxygens (including phenoxy) is 2. The predicted molar refractivity (Wildman–Crippen MR) is 195 cm³/mol. The highest BCUT2D eigenvalue weighted by Crippen LogP contribution is 2.76. The van der Waals surface area contributed by atoms with E-state index in [1.165, 1.54) is 5.57 Å². The molecular formula is C41H66N4O5. The summed E-state index contributed by atoms with van der Waals surface area (Å²) < 4.78 is 15.6. The SMILES string of the molecule is CC(C)[C@@H](C)[C@@]1(C)CC[C@]2(C)[C@H]3CC[C@H]4[C@]5(C)COC[C@]4(C3=CC[C@@]2(C)[C@@H]1C(=O)O)[C@H](C)[C@@H](n1nccc1C(N)=O)[C@@H]5OC[C@](C)(N)C(C)C. The number of aliphatic carboxylic acids is 1. The molecule has 13 atom stereocenters. The third-order valence-electron chi connectivity index (χ3n) is 16.8. The van der Waals surface area contributed by atoms with E-state index in [0.29, 0.717) is 31.4 Å². The Bertz CT molecular complexity index is 1530. The summed E-state index contributed by atoms with van der Waals surface area (Å²) in [7, 11) is 0. The predicted octanol–water partition coefficient (Wildman–Crippen LogP) is 7.12. The van der Waals surface area contributed by atoms with Gasteiger partial charge in [-0.15, -0.1) is 0 Å². The average molecular weight is 695 g/mol. The van der Waals surface area contributed by atoms with Crippen LogP contribution in [0, 0.1) is 68.5 Å². The third kappa shape index (κ3) is 4.90. The Morgan fingerprint density at radius 3 is 2.38 bits per heavy atom. The molecule has 4 aliphatic carbocycles. The monoisotopic (exact) mass is 695 g/mol. The molecule has 2 heterocycles. The lowest BCUT2D eigenvalue weighted by atomic mass is 9.33. The topological polar surface area (TPSA) is 143 Å². The van der Waals surface area contributed by atoms with Crippen molar-refractivity contribution in [3.8, 4) is 0 Å². The number of rotatable bonds is 9. The number of fused-ring (bicyclic) bond motifs is 3. The highest BCUT2D eigenvalue weighted by molar-refractivity contribution is 5.91. The molecule has 3 saturated carbocycles. The summed E-state index contributed by atoms with van der Waals surface area (Å²) in [6, 6.07) is 1.43. The van der Waals surface area contributed by atoms with Gasteiger partial charge in [0.2, 0.25) is 0 Å². The van der Waals surface area contributed by atoms with Crippen LogP contribution in [0.15, 0.2) is 23.9 Å². The molecule has 280 valence electrons. The maximum Gasteiger partial charge on any atom is 0.307 e. The Kier molecular flexibility index (Phi) is 9.12. The van der Waals surface area contributed by atoms with Crippen molar-refractivity contribution in [1.82, 2.24) is 9.78 Å². The Hall–Kier alpha value is -2.23. The number of amides is 1. The minimum absolute atomic E-state index is 0.0148. The van der Waals surface area contributed by atoms with Crippen LogP contribution >= 0.6 is 0 Å². The van der Waals surface area contributed by atoms with Gasteiger partial charge in [-0.2, -0.15) is 5.10 Å². The fraction of sp³-hybridized carbons (Fsp3) is 0.829. The van der Waals surface area contributed by atoms with E-state index in [0.717, 1.165) is 32.1 Å². The number of hydrogen-bond donors (Lipinski definition) is 3. The van der Waals surface area contributed by atoms with E-state index in [4.69, 9.17) is 26.0 Å². The van der Waals surface area contributed by atoms with Crippen LogP contribution in [0.4, 0.5) is 0 Å². The summed E-state index contributed by atoms with van der Waals surface area (Å²) in [6.45, 7) is 26.1. The largest absolute Gasteiger partial charge is 0.481 e. The van der Waals surface area contributed by atoms with E-state index in [2.05, 4.69) is 75.3 Å². The zero-order valence-electron chi connectivity index (χ0n) is 32.7. The Labute approximate surface area is 300 Å². The molecule has 1 aromatic rings. The van der Waals surface area contributed by atoms with Crippen molar-refractivity contribution in [2.24, 2.45) is 80.0 Å². The summed E-state index contributed by atoms with van der Waals surface area (Å²) in [5.74, 6) is -0.230. The van der Waals surface area contributed by atoms with Gasteiger partial charge in [-0.3, -0.25) is 14.3 Å². The normalized spacial score (nSPS) is 44.4. The molecule has 50 heavy (non-hydrogen) atoms. The fourth-order valence-electron chi connectivity index (χ4n) is 12.7. The van der Waals surface area contributed by atoms with Crippen LogP contribution in [-0.2, 0) is 14.3 Å². The summed E-state index contributed by atoms with van der Waals surface area (Å²) in [5.41, 5.74) is 12.5. The van der Waals surface area contributed by atoms with Crippen molar-refractivity contribution in [1.29, 1.82) is 0 Å². The molecule has 9 nitrogen and oxygen atoms in total. The first kappa shape index (κ1) is 37.5. The Morgan fingerprint density at radius 2 is 1.78 bits per heavy atom. The van der Waals surface area contributed by atoms with Crippen LogP contribution < -0.4 is 11.5 Å². The van der Waals surface area contributed by atoms with Crippen molar-refractivity contribution in [3.05, 3.63) is 29.6 Å². The standard InChI is InChI=1S/C41H66N4O5/c1-23(2)25(5)36(7)17-18-38(9)27-12-13-30-37(8)20-49-22-41(30,28(27)14-16-39(38,10)32(36)35(47)48)26(6)31(45-29(34(42)46)15-19-44-45)33(37)50-21-40(11,43)24(3)4/h14-15,19,23-27,30-33H,12-13,16-18,20-22,43H2,1-11H3,(H2,42,46)(H,47,48)/t25-,26-,27+,30+,31-,32-,33+,36-,37+,38-,39+,40+,41-/m1/s1. The zero-order chi connectivity index (χ0) is 37.0. The molecule has 0 radical (unpaired) electrons. The molecule has 5 N–H and O–H groups in total. The number of primary amides is 1. The minimum Gasteiger partial charge on any atom is -0.481 e. The van der Waals surface area contributed by atoms with Gasteiger partial charge >= 0.3 is 5.97 Å². The van der Waals surface area contributed by atoms with E-state index in [1.54, 1.807) is 12.3 Å². The van der Waals surface area contributed by atoms with E-state index in [-0.39, 0.29) is 58.0 Å². The van der Waals surface area contributed by atoms with Crippen molar-refractivity contribution in [2.75, 3.05) is 19.8 Å². The molecular weight excluding hydrogens is 628 g/mol. The number of carboxylic acids is 1. The molecule has 1 saturated heterocycles.